The highest BCUT2D eigenvalue weighted by Crippen LogP contribution is 2.23. The quantitative estimate of drug-likeness (QED) is 0.801. The zero-order valence-electron chi connectivity index (χ0n) is 14.2. The molecule has 0 radical (unpaired) electrons. The molecule has 0 aliphatic carbocycles. The van der Waals surface area contributed by atoms with Crippen molar-refractivity contribution in [2.45, 2.75) is 0 Å². The summed E-state index contributed by atoms with van der Waals surface area (Å²) in [5.41, 5.74) is 1.07. The number of ether oxygens (including phenoxy) is 1. The van der Waals surface area contributed by atoms with E-state index in [0.717, 1.165) is 0 Å². The van der Waals surface area contributed by atoms with Gasteiger partial charge in [0, 0.05) is 37.3 Å². The standard InChI is InChI=1S/C19H18Cl2N2O3/c1-26-15-4-2-3-13(11-15)18(24)22-7-9-23(10-8-22)19(25)14-5-6-16(20)17(21)12-14/h2-6,11-12H,7-10H2,1H3. The van der Waals surface area contributed by atoms with Gasteiger partial charge in [0.1, 0.15) is 5.75 Å². The number of piperazine rings is 1. The zero-order valence-corrected chi connectivity index (χ0v) is 15.8. The molecule has 1 saturated heterocycles. The van der Waals surface area contributed by atoms with E-state index in [0.29, 0.717) is 53.1 Å². The van der Waals surface area contributed by atoms with Crippen LogP contribution in [0.1, 0.15) is 20.7 Å². The van der Waals surface area contributed by atoms with Crippen LogP contribution in [0.4, 0.5) is 0 Å². The van der Waals surface area contributed by atoms with Gasteiger partial charge in [0.05, 0.1) is 17.2 Å². The summed E-state index contributed by atoms with van der Waals surface area (Å²) < 4.78 is 5.16. The average Bonchev–Trinajstić information content (AvgIpc) is 2.69. The van der Waals surface area contributed by atoms with E-state index < -0.39 is 0 Å². The Morgan fingerprint density at radius 1 is 0.846 bits per heavy atom. The smallest absolute Gasteiger partial charge is 0.254 e. The minimum Gasteiger partial charge on any atom is -0.497 e. The van der Waals surface area contributed by atoms with Gasteiger partial charge in [0.25, 0.3) is 11.8 Å². The molecular weight excluding hydrogens is 375 g/mol. The van der Waals surface area contributed by atoms with E-state index in [1.165, 1.54) is 0 Å². The van der Waals surface area contributed by atoms with Gasteiger partial charge < -0.3 is 14.5 Å². The summed E-state index contributed by atoms with van der Waals surface area (Å²) in [6, 6.07) is 11.9. The van der Waals surface area contributed by atoms with Gasteiger partial charge in [-0.1, -0.05) is 29.3 Å². The molecule has 136 valence electrons. The summed E-state index contributed by atoms with van der Waals surface area (Å²) in [6.07, 6.45) is 0. The summed E-state index contributed by atoms with van der Waals surface area (Å²) in [6.45, 7) is 1.88. The lowest BCUT2D eigenvalue weighted by atomic mass is 10.1. The lowest BCUT2D eigenvalue weighted by molar-refractivity contribution is 0.0535. The van der Waals surface area contributed by atoms with Crippen LogP contribution < -0.4 is 4.74 Å². The Bertz CT molecular complexity index is 833. The predicted octanol–water partition coefficient (Wildman–Crippen LogP) is 3.60. The van der Waals surface area contributed by atoms with Crippen molar-refractivity contribution in [2.24, 2.45) is 0 Å². The molecule has 0 atom stereocenters. The van der Waals surface area contributed by atoms with E-state index in [1.807, 2.05) is 0 Å². The van der Waals surface area contributed by atoms with Crippen LogP contribution in [-0.2, 0) is 0 Å². The molecule has 26 heavy (non-hydrogen) atoms. The average molecular weight is 393 g/mol. The van der Waals surface area contributed by atoms with Gasteiger partial charge in [-0.3, -0.25) is 9.59 Å². The van der Waals surface area contributed by atoms with E-state index >= 15 is 0 Å². The maximum absolute atomic E-state index is 12.6. The number of carbonyl (C=O) groups excluding carboxylic acids is 2. The normalized spacial score (nSPS) is 14.3. The largest absolute Gasteiger partial charge is 0.497 e. The number of benzene rings is 2. The number of methoxy groups -OCH3 is 1. The third kappa shape index (κ3) is 3.94. The molecule has 7 heteroatoms. The molecule has 2 aromatic rings. The van der Waals surface area contributed by atoms with Crippen molar-refractivity contribution < 1.29 is 14.3 Å². The maximum Gasteiger partial charge on any atom is 0.254 e. The number of rotatable bonds is 3. The highest BCUT2D eigenvalue weighted by Gasteiger charge is 2.26. The van der Waals surface area contributed by atoms with Crippen LogP contribution >= 0.6 is 23.2 Å². The van der Waals surface area contributed by atoms with E-state index in [9.17, 15) is 9.59 Å². The SMILES string of the molecule is COc1cccc(C(=O)N2CCN(C(=O)c3ccc(Cl)c(Cl)c3)CC2)c1. The summed E-state index contributed by atoms with van der Waals surface area (Å²) >= 11 is 11.9. The van der Waals surface area contributed by atoms with Crippen molar-refractivity contribution in [3.63, 3.8) is 0 Å². The van der Waals surface area contributed by atoms with Crippen molar-refractivity contribution in [3.05, 3.63) is 63.6 Å². The number of hydrogen-bond donors (Lipinski definition) is 0. The fraction of sp³-hybridized carbons (Fsp3) is 0.263. The number of carbonyl (C=O) groups is 2. The highest BCUT2D eigenvalue weighted by atomic mass is 35.5. The molecule has 2 amide bonds. The Kier molecular flexibility index (Phi) is 5.69. The molecule has 1 heterocycles. The van der Waals surface area contributed by atoms with Crippen molar-refractivity contribution in [1.29, 1.82) is 0 Å². The van der Waals surface area contributed by atoms with Gasteiger partial charge in [-0.25, -0.2) is 0 Å². The van der Waals surface area contributed by atoms with Crippen molar-refractivity contribution in [2.75, 3.05) is 33.3 Å². The van der Waals surface area contributed by atoms with Gasteiger partial charge in [0.2, 0.25) is 0 Å². The van der Waals surface area contributed by atoms with Crippen LogP contribution in [0.5, 0.6) is 5.75 Å². The second-order valence-corrected chi connectivity index (χ2v) is 6.76. The summed E-state index contributed by atoms with van der Waals surface area (Å²) in [4.78, 5) is 28.7. The summed E-state index contributed by atoms with van der Waals surface area (Å²) in [5, 5.41) is 0.765. The van der Waals surface area contributed by atoms with Crippen LogP contribution in [0.2, 0.25) is 10.0 Å². The fourth-order valence-corrected chi connectivity index (χ4v) is 3.16. The monoisotopic (exact) mass is 392 g/mol. The molecule has 1 fully saturated rings. The molecule has 2 aromatic carbocycles. The fourth-order valence-electron chi connectivity index (χ4n) is 2.86. The predicted molar refractivity (Wildman–Crippen MR) is 101 cm³/mol. The van der Waals surface area contributed by atoms with E-state index in [-0.39, 0.29) is 11.8 Å². The van der Waals surface area contributed by atoms with Gasteiger partial charge >= 0.3 is 0 Å². The molecule has 1 aliphatic heterocycles. The number of amides is 2. The molecule has 0 N–H and O–H groups in total. The first-order valence-corrected chi connectivity index (χ1v) is 8.93. The maximum atomic E-state index is 12.6. The summed E-state index contributed by atoms with van der Waals surface area (Å²) in [7, 11) is 1.57. The second kappa shape index (κ2) is 7.98. The highest BCUT2D eigenvalue weighted by molar-refractivity contribution is 6.42. The molecule has 0 aromatic heterocycles. The van der Waals surface area contributed by atoms with Crippen LogP contribution in [0.25, 0.3) is 0 Å². The first-order valence-electron chi connectivity index (χ1n) is 8.17. The topological polar surface area (TPSA) is 49.9 Å². The molecule has 1 aliphatic rings. The molecule has 0 saturated carbocycles. The second-order valence-electron chi connectivity index (χ2n) is 5.95. The van der Waals surface area contributed by atoms with Gasteiger partial charge in [-0.15, -0.1) is 0 Å². The molecule has 3 rings (SSSR count). The Hall–Kier alpha value is -2.24. The third-order valence-electron chi connectivity index (χ3n) is 4.34. The Balaban J connectivity index is 1.64. The first-order chi connectivity index (χ1) is 12.5. The molecule has 5 nitrogen and oxygen atoms in total. The van der Waals surface area contributed by atoms with Crippen molar-refractivity contribution in [1.82, 2.24) is 9.80 Å². The number of hydrogen-bond acceptors (Lipinski definition) is 3. The van der Waals surface area contributed by atoms with E-state index in [4.69, 9.17) is 27.9 Å². The zero-order chi connectivity index (χ0) is 18.7. The van der Waals surface area contributed by atoms with E-state index in [2.05, 4.69) is 0 Å². The first kappa shape index (κ1) is 18.5. The Morgan fingerprint density at radius 3 is 1.96 bits per heavy atom. The van der Waals surface area contributed by atoms with Crippen molar-refractivity contribution in [3.8, 4) is 5.75 Å². The van der Waals surface area contributed by atoms with Gasteiger partial charge in [0.15, 0.2) is 0 Å². The third-order valence-corrected chi connectivity index (χ3v) is 5.08. The van der Waals surface area contributed by atoms with Gasteiger partial charge in [-0.2, -0.15) is 0 Å². The van der Waals surface area contributed by atoms with Crippen LogP contribution in [0, 0.1) is 0 Å². The minimum absolute atomic E-state index is 0.0643. The van der Waals surface area contributed by atoms with E-state index in [1.54, 1.807) is 59.4 Å². The van der Waals surface area contributed by atoms with Gasteiger partial charge in [-0.05, 0) is 36.4 Å². The Morgan fingerprint density at radius 2 is 1.42 bits per heavy atom. The number of nitrogens with zero attached hydrogens (tertiary/aromatic N) is 2. The number of halogens is 2. The minimum atomic E-state index is -0.114. The Labute approximate surface area is 162 Å². The molecule has 0 unspecified atom stereocenters. The molecular formula is C19H18Cl2N2O3. The van der Waals surface area contributed by atoms with Crippen LogP contribution in [0.3, 0.4) is 0 Å². The lowest BCUT2D eigenvalue weighted by Crippen LogP contribution is -2.50. The van der Waals surface area contributed by atoms with Crippen molar-refractivity contribution >= 4 is 35.0 Å². The van der Waals surface area contributed by atoms with Crippen LogP contribution in [0.15, 0.2) is 42.5 Å². The van der Waals surface area contributed by atoms with Crippen LogP contribution in [-0.4, -0.2) is 54.9 Å². The lowest BCUT2D eigenvalue weighted by Gasteiger charge is -2.35. The molecule has 0 bridgehead atoms. The summed E-state index contributed by atoms with van der Waals surface area (Å²) in [5.74, 6) is 0.465. The molecule has 0 spiro atoms.